The second-order valence-electron chi connectivity index (χ2n) is 5.25. The van der Waals surface area contributed by atoms with Gasteiger partial charge in [-0.1, -0.05) is 41.4 Å². The predicted octanol–water partition coefficient (Wildman–Crippen LogP) is 3.61. The molecule has 0 saturated heterocycles. The molecule has 148 valence electrons. The molecule has 0 fully saturated rings. The number of carbonyl (C=O) groups excluding carboxylic acids is 1. The van der Waals surface area contributed by atoms with Gasteiger partial charge in [-0.2, -0.15) is 0 Å². The van der Waals surface area contributed by atoms with Gasteiger partial charge in [0.25, 0.3) is 15.9 Å². The Kier molecular flexibility index (Phi) is 6.27. The van der Waals surface area contributed by atoms with Gasteiger partial charge in [0.1, 0.15) is 10.7 Å². The molecule has 3 aromatic rings. The third kappa shape index (κ3) is 4.84. The summed E-state index contributed by atoms with van der Waals surface area (Å²) in [4.78, 5) is 16.7. The maximum atomic E-state index is 13.0. The lowest BCUT2D eigenvalue weighted by Gasteiger charge is -2.04. The summed E-state index contributed by atoms with van der Waals surface area (Å²) < 4.78 is 40.8. The van der Waals surface area contributed by atoms with Crippen LogP contribution in [0.25, 0.3) is 0 Å². The van der Waals surface area contributed by atoms with Crippen molar-refractivity contribution >= 4 is 60.6 Å². The van der Waals surface area contributed by atoms with Crippen molar-refractivity contribution in [3.63, 3.8) is 0 Å². The van der Waals surface area contributed by atoms with Crippen molar-refractivity contribution in [2.75, 3.05) is 15.8 Å². The molecule has 0 spiro atoms. The lowest BCUT2D eigenvalue weighted by atomic mass is 10.4. The van der Waals surface area contributed by atoms with Gasteiger partial charge in [0.2, 0.25) is 5.13 Å². The Labute approximate surface area is 172 Å². The molecule has 0 unspecified atom stereocenters. The summed E-state index contributed by atoms with van der Waals surface area (Å²) in [7, 11) is -3.94. The Morgan fingerprint density at radius 3 is 2.57 bits per heavy atom. The fraction of sp³-hybridized carbons (Fsp3) is 0.200. The number of carbonyl (C=O) groups is 1. The van der Waals surface area contributed by atoms with Crippen LogP contribution in [0.3, 0.4) is 0 Å². The van der Waals surface area contributed by atoms with E-state index in [4.69, 9.17) is 0 Å². The lowest BCUT2D eigenvalue weighted by Crippen LogP contribution is -2.12. The van der Waals surface area contributed by atoms with E-state index >= 15 is 0 Å². The zero-order valence-corrected chi connectivity index (χ0v) is 17.9. The predicted molar refractivity (Wildman–Crippen MR) is 108 cm³/mol. The number of halogens is 1. The molecule has 0 atom stereocenters. The zero-order valence-electron chi connectivity index (χ0n) is 14.6. The molecule has 1 amide bonds. The maximum absolute atomic E-state index is 13.0. The van der Waals surface area contributed by atoms with E-state index < -0.39 is 21.7 Å². The summed E-state index contributed by atoms with van der Waals surface area (Å²) >= 11 is 3.66. The summed E-state index contributed by atoms with van der Waals surface area (Å²) in [5.41, 5.74) is 0.368. The number of anilines is 2. The van der Waals surface area contributed by atoms with Crippen LogP contribution in [0.1, 0.15) is 22.3 Å². The summed E-state index contributed by atoms with van der Waals surface area (Å²) in [6.07, 6.45) is 0. The number of sulfonamides is 1. The highest BCUT2D eigenvalue weighted by molar-refractivity contribution is 8.01. The van der Waals surface area contributed by atoms with Crippen LogP contribution in [0.4, 0.5) is 14.7 Å². The van der Waals surface area contributed by atoms with E-state index in [9.17, 15) is 17.6 Å². The molecule has 0 bridgehead atoms. The number of aryl methyl sites for hydroxylation is 1. The van der Waals surface area contributed by atoms with E-state index in [1.165, 1.54) is 23.1 Å². The molecule has 0 saturated carbocycles. The number of hydrogen-bond acceptors (Lipinski definition) is 9. The van der Waals surface area contributed by atoms with Crippen LogP contribution < -0.4 is 10.0 Å². The highest BCUT2D eigenvalue weighted by Gasteiger charge is 2.21. The van der Waals surface area contributed by atoms with Crippen molar-refractivity contribution in [2.45, 2.75) is 23.1 Å². The molecule has 0 aliphatic carbocycles. The molecular weight excluding hydrogens is 445 g/mol. The molecule has 2 heterocycles. The number of thiazole rings is 1. The van der Waals surface area contributed by atoms with Crippen LogP contribution in [0, 0.1) is 12.7 Å². The van der Waals surface area contributed by atoms with Crippen LogP contribution in [0.5, 0.6) is 0 Å². The van der Waals surface area contributed by atoms with Crippen LogP contribution in [0.15, 0.2) is 33.5 Å². The first-order chi connectivity index (χ1) is 13.3. The van der Waals surface area contributed by atoms with E-state index in [-0.39, 0.29) is 14.9 Å². The van der Waals surface area contributed by atoms with E-state index in [0.29, 0.717) is 10.8 Å². The fourth-order valence-corrected chi connectivity index (χ4v) is 5.77. The van der Waals surface area contributed by atoms with E-state index in [2.05, 4.69) is 25.2 Å². The molecule has 0 aliphatic heterocycles. The van der Waals surface area contributed by atoms with Crippen molar-refractivity contribution in [2.24, 2.45) is 0 Å². The standard InChI is InChI=1S/C15H14FN5O3S4/c1-3-25-15-20-19-13(27-15)18-12(22)11-8(2)17-14(26-11)21-28(23,24)10-6-4-9(16)5-7-10/h4-7H,3H2,1-2H3,(H,17,21)(H,18,19,22). The number of thioether (sulfide) groups is 1. The largest absolute Gasteiger partial charge is 0.296 e. The number of nitrogens with one attached hydrogen (secondary N) is 2. The topological polar surface area (TPSA) is 114 Å². The van der Waals surface area contributed by atoms with Crippen LogP contribution in [0.2, 0.25) is 0 Å². The first kappa shape index (κ1) is 20.6. The van der Waals surface area contributed by atoms with Gasteiger partial charge in [0.05, 0.1) is 10.6 Å². The average molecular weight is 460 g/mol. The minimum absolute atomic E-state index is 0.0338. The minimum atomic E-state index is -3.94. The van der Waals surface area contributed by atoms with E-state index in [1.54, 1.807) is 6.92 Å². The SMILES string of the molecule is CCSc1nnc(NC(=O)c2sc(NS(=O)(=O)c3ccc(F)cc3)nc2C)s1. The number of rotatable bonds is 7. The van der Waals surface area contributed by atoms with Crippen LogP contribution in [-0.2, 0) is 10.0 Å². The summed E-state index contributed by atoms with van der Waals surface area (Å²) in [5, 5.41) is 10.9. The van der Waals surface area contributed by atoms with Gasteiger partial charge >= 0.3 is 0 Å². The molecule has 3 rings (SSSR count). The van der Waals surface area contributed by atoms with Crippen molar-refractivity contribution in [3.8, 4) is 0 Å². The maximum Gasteiger partial charge on any atom is 0.269 e. The molecule has 28 heavy (non-hydrogen) atoms. The Morgan fingerprint density at radius 2 is 1.89 bits per heavy atom. The Balaban J connectivity index is 1.74. The second-order valence-corrected chi connectivity index (χ2v) is 10.4. The molecule has 13 heteroatoms. The molecular formula is C15H14FN5O3S4. The minimum Gasteiger partial charge on any atom is -0.296 e. The third-order valence-electron chi connectivity index (χ3n) is 3.24. The molecule has 8 nitrogen and oxygen atoms in total. The quantitative estimate of drug-likeness (QED) is 0.410. The van der Waals surface area contributed by atoms with Gasteiger partial charge in [-0.3, -0.25) is 14.8 Å². The molecule has 2 N–H and O–H groups in total. The van der Waals surface area contributed by atoms with Crippen molar-refractivity contribution < 1.29 is 17.6 Å². The number of aromatic nitrogens is 3. The Bertz CT molecular complexity index is 1100. The van der Waals surface area contributed by atoms with Gasteiger partial charge in [-0.15, -0.1) is 10.2 Å². The summed E-state index contributed by atoms with van der Waals surface area (Å²) in [6.45, 7) is 3.58. The van der Waals surface area contributed by atoms with Gasteiger partial charge in [-0.25, -0.2) is 17.8 Å². The van der Waals surface area contributed by atoms with Gasteiger partial charge < -0.3 is 0 Å². The smallest absolute Gasteiger partial charge is 0.269 e. The van der Waals surface area contributed by atoms with Crippen molar-refractivity contribution in [1.29, 1.82) is 0 Å². The van der Waals surface area contributed by atoms with Crippen molar-refractivity contribution in [3.05, 3.63) is 40.7 Å². The third-order valence-corrected chi connectivity index (χ3v) is 7.65. The number of benzene rings is 1. The summed E-state index contributed by atoms with van der Waals surface area (Å²) in [6, 6.07) is 4.39. The molecule has 0 aliphatic rings. The first-order valence-electron chi connectivity index (χ1n) is 7.82. The average Bonchev–Trinajstić information content (AvgIpc) is 3.21. The zero-order chi connectivity index (χ0) is 20.3. The molecule has 2 aromatic heterocycles. The normalized spacial score (nSPS) is 11.4. The molecule has 1 aromatic carbocycles. The first-order valence-corrected chi connectivity index (χ1v) is 11.9. The van der Waals surface area contributed by atoms with Crippen LogP contribution >= 0.6 is 34.4 Å². The van der Waals surface area contributed by atoms with Crippen LogP contribution in [-0.4, -0.2) is 35.3 Å². The van der Waals surface area contributed by atoms with Crippen molar-refractivity contribution in [1.82, 2.24) is 15.2 Å². The van der Waals surface area contributed by atoms with Gasteiger partial charge in [0, 0.05) is 0 Å². The highest BCUT2D eigenvalue weighted by atomic mass is 32.2. The highest BCUT2D eigenvalue weighted by Crippen LogP contribution is 2.28. The van der Waals surface area contributed by atoms with E-state index in [1.807, 2.05) is 6.92 Å². The Morgan fingerprint density at radius 1 is 1.18 bits per heavy atom. The number of hydrogen-bond donors (Lipinski definition) is 2. The summed E-state index contributed by atoms with van der Waals surface area (Å²) in [5.74, 6) is -0.153. The van der Waals surface area contributed by atoms with Gasteiger partial charge in [-0.05, 0) is 36.9 Å². The molecule has 0 radical (unpaired) electrons. The second kappa shape index (κ2) is 8.51. The number of nitrogens with zero attached hydrogens (tertiary/aromatic N) is 3. The monoisotopic (exact) mass is 459 g/mol. The van der Waals surface area contributed by atoms with E-state index in [0.717, 1.165) is 45.7 Å². The lowest BCUT2D eigenvalue weighted by molar-refractivity contribution is 0.102. The fourth-order valence-electron chi connectivity index (χ4n) is 2.03. The Hall–Kier alpha value is -2.09. The van der Waals surface area contributed by atoms with Gasteiger partial charge in [0.15, 0.2) is 9.47 Å². The number of amides is 1.